The molecule has 2 aromatic heterocycles. The Balaban J connectivity index is 0.00000720. The van der Waals surface area contributed by atoms with Gasteiger partial charge < -0.3 is 19.1 Å². The molecule has 0 spiro atoms. The van der Waals surface area contributed by atoms with Gasteiger partial charge in [-0.1, -0.05) is 168 Å². The van der Waals surface area contributed by atoms with Crippen LogP contribution in [0.2, 0.25) is 0 Å². The van der Waals surface area contributed by atoms with Crippen LogP contribution in [0.4, 0.5) is 22.7 Å². The van der Waals surface area contributed by atoms with Gasteiger partial charge in [-0.05, 0) is 98.7 Å². The van der Waals surface area contributed by atoms with Crippen LogP contribution in [-0.2, 0) is 31.9 Å². The first-order valence-electron chi connectivity index (χ1n) is 28.0. The number of hydrogen-bond donors (Lipinski definition) is 0. The van der Waals surface area contributed by atoms with Gasteiger partial charge >= 0.3 is 0 Å². The predicted octanol–water partition coefficient (Wildman–Crippen LogP) is 17.2. The molecule has 0 atom stereocenters. The van der Waals surface area contributed by atoms with E-state index < -0.39 is 13.7 Å². The van der Waals surface area contributed by atoms with Gasteiger partial charge in [0.1, 0.15) is 5.82 Å². The topological polar surface area (TPSA) is 33.5 Å². The fourth-order valence-electron chi connectivity index (χ4n) is 9.40. The van der Waals surface area contributed by atoms with Crippen molar-refractivity contribution in [2.75, 3.05) is 9.80 Å². The number of aryl methyl sites for hydroxylation is 2. The summed E-state index contributed by atoms with van der Waals surface area (Å²) in [5.41, 5.74) is 9.44. The first-order valence-corrected chi connectivity index (χ1v) is 23.0. The molecule has 0 aliphatic carbocycles. The Morgan fingerprint density at radius 1 is 0.586 bits per heavy atom. The fraction of sp³-hybridized carbons (Fsp3) is 0.156. The third-order valence-electron chi connectivity index (χ3n) is 12.8. The Hall–Kier alpha value is -7.20. The molecule has 0 radical (unpaired) electrons. The third-order valence-corrected chi connectivity index (χ3v) is 12.8. The van der Waals surface area contributed by atoms with E-state index in [0.717, 1.165) is 39.3 Å². The van der Waals surface area contributed by atoms with Gasteiger partial charge in [-0.3, -0.25) is 0 Å². The molecule has 6 heteroatoms. The van der Waals surface area contributed by atoms with Gasteiger partial charge in [0, 0.05) is 80.7 Å². The summed E-state index contributed by atoms with van der Waals surface area (Å²) in [5, 5.41) is 0.907. The van der Waals surface area contributed by atoms with Crippen LogP contribution in [0.5, 0.6) is 11.5 Å². The zero-order valence-electron chi connectivity index (χ0n) is 49.6. The average Bonchev–Trinajstić information content (AvgIpc) is 3.97. The molecule has 8 aromatic carbocycles. The number of benzene rings is 8. The van der Waals surface area contributed by atoms with Crippen LogP contribution < -0.4 is 14.5 Å². The van der Waals surface area contributed by atoms with Crippen molar-refractivity contribution in [2.24, 2.45) is 0 Å². The van der Waals surface area contributed by atoms with Crippen LogP contribution in [0, 0.1) is 32.5 Å². The molecule has 0 saturated heterocycles. The van der Waals surface area contributed by atoms with Crippen molar-refractivity contribution in [1.29, 1.82) is 0 Å². The predicted molar refractivity (Wildman–Crippen MR) is 287 cm³/mol. The molecule has 10 aromatic rings. The molecule has 0 saturated carbocycles. The van der Waals surface area contributed by atoms with Crippen LogP contribution in [0.25, 0.3) is 61.0 Å². The Bertz CT molecular complexity index is 4040. The van der Waals surface area contributed by atoms with Gasteiger partial charge in [-0.15, -0.1) is 48.1 Å². The number of pyridine rings is 1. The molecular weight excluding hydrogens is 1040 g/mol. The summed E-state index contributed by atoms with van der Waals surface area (Å²) in [7, 11) is 0. The Kier molecular flexibility index (Phi) is 9.36. The standard InChI is InChI=1S/C64H55N4O.Pt/c1-42-19-9-10-22-49(42)44-31-34-50(43(2)37-44)54-25-18-26-55(51-23-11-13-27-56(51)64(6,7)8)62(54)67-41-66(58-29-15-16-30-59(58)67)46-20-17-21-47(38-46)69-48-33-35-53-52-24-12-14-28-57(52)68(60(53)39-48)61-36-32-45(40-65-61)63(3,4)5;/h9-37,40-41H,1-8H3;/q-3;/i1D3,2D3,12D,14D,24D,28D;. The number of para-hydroxylation sites is 4. The SMILES string of the molecule is [2H]c1c([2H])c([2H])c2c(c1[2H])c1ccc(Oc3[c-]c(N4[CH-]N(c5c(-c6ccc(-c7ccccc7C([2H])([2H])[2H])cc6C([2H])([2H])[2H])cccc5-c5ccccc5C(C)(C)C)c5ccccc54)ccc3)[c-]c1n2-c1ccc(C(C)(C)C)cn1.[Pt]. The van der Waals surface area contributed by atoms with Crippen LogP contribution in [0.1, 0.15) is 77.5 Å². The van der Waals surface area contributed by atoms with Crippen LogP contribution >= 0.6 is 0 Å². The second-order valence-electron chi connectivity index (χ2n) is 19.4. The van der Waals surface area contributed by atoms with Gasteiger partial charge in [0.2, 0.25) is 0 Å². The summed E-state index contributed by atoms with van der Waals surface area (Å²) in [6.45, 7) is 9.74. The van der Waals surface area contributed by atoms with E-state index in [4.69, 9.17) is 23.4 Å². The van der Waals surface area contributed by atoms with E-state index in [9.17, 15) is 0 Å². The number of hydrogen-bond acceptors (Lipinski definition) is 4. The zero-order valence-corrected chi connectivity index (χ0v) is 41.9. The number of aromatic nitrogens is 2. The molecule has 11 rings (SSSR count). The van der Waals surface area contributed by atoms with Crippen LogP contribution in [-0.4, -0.2) is 9.55 Å². The number of rotatable bonds is 8. The van der Waals surface area contributed by atoms with Crippen molar-refractivity contribution in [2.45, 2.75) is 66.1 Å². The smallest absolute Gasteiger partial charge is 0.135 e. The molecule has 0 amide bonds. The van der Waals surface area contributed by atoms with Gasteiger partial charge in [0.05, 0.1) is 5.48 Å². The van der Waals surface area contributed by atoms with E-state index in [0.29, 0.717) is 61.5 Å². The molecule has 1 aliphatic heterocycles. The number of ether oxygens (including phenoxy) is 1. The minimum absolute atomic E-state index is 0. The quantitative estimate of drug-likeness (QED) is 0.142. The first kappa shape index (κ1) is 35.8. The van der Waals surface area contributed by atoms with Crippen molar-refractivity contribution >= 4 is 44.6 Å². The van der Waals surface area contributed by atoms with Crippen LogP contribution in [0.15, 0.2) is 182 Å². The van der Waals surface area contributed by atoms with E-state index in [-0.39, 0.29) is 72.7 Å². The first-order chi connectivity index (χ1) is 37.4. The molecule has 0 unspecified atom stereocenters. The zero-order chi connectivity index (χ0) is 56.1. The van der Waals surface area contributed by atoms with E-state index in [1.165, 1.54) is 0 Å². The molecule has 0 bridgehead atoms. The maximum absolute atomic E-state index is 9.05. The minimum Gasteiger partial charge on any atom is -0.509 e. The molecule has 5 nitrogen and oxygen atoms in total. The second-order valence-corrected chi connectivity index (χ2v) is 19.4. The number of nitrogens with zero attached hydrogens (tertiary/aromatic N) is 4. The largest absolute Gasteiger partial charge is 0.509 e. The summed E-state index contributed by atoms with van der Waals surface area (Å²) in [6, 6.07) is 52.9. The number of anilines is 4. The van der Waals surface area contributed by atoms with E-state index in [1.54, 1.807) is 71.4 Å². The molecule has 0 fully saturated rings. The van der Waals surface area contributed by atoms with Crippen molar-refractivity contribution < 1.29 is 39.5 Å². The maximum Gasteiger partial charge on any atom is 0.135 e. The monoisotopic (exact) mass is 1100 g/mol. The minimum atomic E-state index is -2.61. The summed E-state index contributed by atoms with van der Waals surface area (Å²) in [6.07, 6.45) is 1.79. The number of fused-ring (bicyclic) bond motifs is 4. The molecule has 350 valence electrons. The normalized spacial score (nSPS) is 15.1. The maximum atomic E-state index is 9.05. The summed E-state index contributed by atoms with van der Waals surface area (Å²) >= 11 is 0. The van der Waals surface area contributed by atoms with Crippen molar-refractivity contribution in [3.63, 3.8) is 0 Å². The summed E-state index contributed by atoms with van der Waals surface area (Å²) in [4.78, 5) is 8.92. The summed E-state index contributed by atoms with van der Waals surface area (Å²) in [5.74, 6) is 1.13. The average molecular weight is 1100 g/mol. The fourth-order valence-corrected chi connectivity index (χ4v) is 9.40. The van der Waals surface area contributed by atoms with E-state index in [2.05, 4.69) is 76.8 Å². The molecule has 3 heterocycles. The Labute approximate surface area is 441 Å². The van der Waals surface area contributed by atoms with Crippen molar-refractivity contribution in [3.8, 4) is 50.7 Å². The van der Waals surface area contributed by atoms with Crippen molar-refractivity contribution in [3.05, 3.63) is 223 Å². The third kappa shape index (κ3) is 8.41. The van der Waals surface area contributed by atoms with E-state index in [1.807, 2.05) is 84.4 Å². The van der Waals surface area contributed by atoms with Crippen LogP contribution in [0.3, 0.4) is 0 Å². The van der Waals surface area contributed by atoms with E-state index >= 15 is 0 Å². The van der Waals surface area contributed by atoms with Gasteiger partial charge in [-0.25, -0.2) is 4.98 Å². The van der Waals surface area contributed by atoms with Gasteiger partial charge in [-0.2, -0.15) is 12.1 Å². The Morgan fingerprint density at radius 2 is 1.27 bits per heavy atom. The molecule has 1 aliphatic rings. The molecule has 70 heavy (non-hydrogen) atoms. The Morgan fingerprint density at radius 3 is 2.03 bits per heavy atom. The van der Waals surface area contributed by atoms with Gasteiger partial charge in [0.15, 0.2) is 0 Å². The second kappa shape index (κ2) is 18.3. The molecule has 0 N–H and O–H groups in total. The molecular formula is C64H55N4OPt-3. The van der Waals surface area contributed by atoms with Gasteiger partial charge in [0.25, 0.3) is 0 Å². The summed E-state index contributed by atoms with van der Waals surface area (Å²) < 4.78 is 95.4. The van der Waals surface area contributed by atoms with Crippen molar-refractivity contribution in [1.82, 2.24) is 9.55 Å².